The molecular weight excluding hydrogens is 469 g/mol. The van der Waals surface area contributed by atoms with Gasteiger partial charge < -0.3 is 10.1 Å². The predicted molar refractivity (Wildman–Crippen MR) is 121 cm³/mol. The third kappa shape index (κ3) is 5.74. The van der Waals surface area contributed by atoms with Crippen LogP contribution in [-0.4, -0.2) is 12.5 Å². The van der Waals surface area contributed by atoms with Crippen molar-refractivity contribution in [1.29, 1.82) is 0 Å². The summed E-state index contributed by atoms with van der Waals surface area (Å²) < 4.78 is 6.88. The lowest BCUT2D eigenvalue weighted by Crippen LogP contribution is -2.12. The van der Waals surface area contributed by atoms with Gasteiger partial charge in [-0.1, -0.05) is 18.2 Å². The summed E-state index contributed by atoms with van der Waals surface area (Å²) in [4.78, 5) is 13.8. The first kappa shape index (κ1) is 19.8. The minimum absolute atomic E-state index is 0.120. The van der Waals surface area contributed by atoms with Crippen molar-refractivity contribution in [2.75, 3.05) is 11.9 Å². The number of ether oxygens (including phenoxy) is 1. The first-order valence-corrected chi connectivity index (χ1v) is 10.7. The molecule has 3 aromatic carbocycles. The van der Waals surface area contributed by atoms with Crippen molar-refractivity contribution in [3.63, 3.8) is 0 Å². The minimum Gasteiger partial charge on any atom is -0.494 e. The molecule has 0 bridgehead atoms. The summed E-state index contributed by atoms with van der Waals surface area (Å²) in [5, 5.41) is 2.95. The fourth-order valence-electron chi connectivity index (χ4n) is 2.54. The maximum Gasteiger partial charge on any atom is 0.255 e. The van der Waals surface area contributed by atoms with E-state index in [1.54, 1.807) is 11.8 Å². The van der Waals surface area contributed by atoms with E-state index in [1.165, 1.54) is 4.90 Å². The molecule has 0 fully saturated rings. The van der Waals surface area contributed by atoms with Crippen LogP contribution in [0.5, 0.6) is 5.75 Å². The fraction of sp³-hybridized carbons (Fsp3) is 0.136. The van der Waals surface area contributed by atoms with Crippen LogP contribution < -0.4 is 10.1 Å². The third-order valence-electron chi connectivity index (χ3n) is 3.86. The standard InChI is InChI=1S/C22H20INO2S/c1-2-26-21-13-8-16(22(25)24-19-11-9-18(23)10-12-19)14-17(21)15-27-20-6-4-3-5-7-20/h3-14H,2,15H2,1H3,(H,24,25). The van der Waals surface area contributed by atoms with E-state index >= 15 is 0 Å². The number of hydrogen-bond acceptors (Lipinski definition) is 3. The monoisotopic (exact) mass is 489 g/mol. The number of carbonyl (C=O) groups excluding carboxylic acids is 1. The molecule has 0 aliphatic heterocycles. The Morgan fingerprint density at radius 1 is 1.04 bits per heavy atom. The van der Waals surface area contributed by atoms with E-state index in [0.29, 0.717) is 12.2 Å². The van der Waals surface area contributed by atoms with Gasteiger partial charge in [-0.05, 0) is 84.1 Å². The number of carbonyl (C=O) groups is 1. The zero-order valence-electron chi connectivity index (χ0n) is 14.9. The van der Waals surface area contributed by atoms with Crippen LogP contribution in [0, 0.1) is 3.57 Å². The predicted octanol–water partition coefficient (Wildman–Crippen LogP) is 6.23. The molecule has 138 valence electrons. The highest BCUT2D eigenvalue weighted by Crippen LogP contribution is 2.29. The molecule has 1 N–H and O–H groups in total. The van der Waals surface area contributed by atoms with Crippen LogP contribution in [0.15, 0.2) is 77.7 Å². The van der Waals surface area contributed by atoms with Crippen molar-refractivity contribution >= 4 is 45.9 Å². The topological polar surface area (TPSA) is 38.3 Å². The molecule has 0 saturated heterocycles. The van der Waals surface area contributed by atoms with E-state index in [9.17, 15) is 4.79 Å². The number of halogens is 1. The Morgan fingerprint density at radius 3 is 2.48 bits per heavy atom. The summed E-state index contributed by atoms with van der Waals surface area (Å²) in [5.41, 5.74) is 2.43. The summed E-state index contributed by atoms with van der Waals surface area (Å²) in [5.74, 6) is 1.45. The van der Waals surface area contributed by atoms with Crippen molar-refractivity contribution in [2.24, 2.45) is 0 Å². The normalized spacial score (nSPS) is 10.4. The Morgan fingerprint density at radius 2 is 1.78 bits per heavy atom. The van der Waals surface area contributed by atoms with E-state index in [2.05, 4.69) is 40.0 Å². The van der Waals surface area contributed by atoms with Crippen molar-refractivity contribution < 1.29 is 9.53 Å². The SMILES string of the molecule is CCOc1ccc(C(=O)Nc2ccc(I)cc2)cc1CSc1ccccc1. The van der Waals surface area contributed by atoms with Gasteiger partial charge in [0.1, 0.15) is 5.75 Å². The molecule has 5 heteroatoms. The van der Waals surface area contributed by atoms with Crippen LogP contribution in [0.3, 0.4) is 0 Å². The average Bonchev–Trinajstić information content (AvgIpc) is 2.70. The molecule has 3 aromatic rings. The third-order valence-corrected chi connectivity index (χ3v) is 5.64. The van der Waals surface area contributed by atoms with Crippen molar-refractivity contribution in [3.8, 4) is 5.75 Å². The molecule has 3 rings (SSSR count). The Kier molecular flexibility index (Phi) is 7.18. The van der Waals surface area contributed by atoms with E-state index in [4.69, 9.17) is 4.74 Å². The molecule has 0 radical (unpaired) electrons. The number of amides is 1. The van der Waals surface area contributed by atoms with Crippen molar-refractivity contribution in [1.82, 2.24) is 0 Å². The number of benzene rings is 3. The van der Waals surface area contributed by atoms with Gasteiger partial charge in [-0.15, -0.1) is 11.8 Å². The van der Waals surface area contributed by atoms with Crippen LogP contribution in [0.4, 0.5) is 5.69 Å². The molecule has 0 spiro atoms. The van der Waals surface area contributed by atoms with Gasteiger partial charge in [-0.25, -0.2) is 0 Å². The van der Waals surface area contributed by atoms with Crippen LogP contribution >= 0.6 is 34.4 Å². The molecule has 0 unspecified atom stereocenters. The number of hydrogen-bond donors (Lipinski definition) is 1. The summed E-state index contributed by atoms with van der Waals surface area (Å²) in [6.45, 7) is 2.56. The summed E-state index contributed by atoms with van der Waals surface area (Å²) in [6.07, 6.45) is 0. The zero-order chi connectivity index (χ0) is 19.1. The van der Waals surface area contributed by atoms with Gasteiger partial charge in [0.05, 0.1) is 6.61 Å². The van der Waals surface area contributed by atoms with Gasteiger partial charge >= 0.3 is 0 Å². The maximum absolute atomic E-state index is 12.6. The molecule has 1 amide bonds. The lowest BCUT2D eigenvalue weighted by atomic mass is 10.1. The Bertz CT molecular complexity index is 898. The number of rotatable bonds is 7. The second-order valence-corrected chi connectivity index (χ2v) is 8.11. The average molecular weight is 489 g/mol. The Hall–Kier alpha value is -1.99. The maximum atomic E-state index is 12.6. The Labute approximate surface area is 177 Å². The van der Waals surface area contributed by atoms with Gasteiger partial charge in [0, 0.05) is 31.0 Å². The van der Waals surface area contributed by atoms with E-state index in [1.807, 2.05) is 67.6 Å². The number of anilines is 1. The van der Waals surface area contributed by atoms with Crippen LogP contribution in [0.25, 0.3) is 0 Å². The molecule has 0 heterocycles. The fourth-order valence-corrected chi connectivity index (χ4v) is 3.80. The minimum atomic E-state index is -0.120. The highest BCUT2D eigenvalue weighted by atomic mass is 127. The van der Waals surface area contributed by atoms with Crippen molar-refractivity contribution in [3.05, 3.63) is 87.5 Å². The van der Waals surface area contributed by atoms with Gasteiger partial charge in [-0.3, -0.25) is 4.79 Å². The molecule has 0 aliphatic carbocycles. The van der Waals surface area contributed by atoms with Crippen LogP contribution in [-0.2, 0) is 5.75 Å². The molecular formula is C22H20INO2S. The number of nitrogens with one attached hydrogen (secondary N) is 1. The smallest absolute Gasteiger partial charge is 0.255 e. The molecule has 0 aliphatic rings. The Balaban J connectivity index is 1.77. The lowest BCUT2D eigenvalue weighted by molar-refractivity contribution is 0.102. The largest absolute Gasteiger partial charge is 0.494 e. The molecule has 0 atom stereocenters. The van der Waals surface area contributed by atoms with Gasteiger partial charge in [0.2, 0.25) is 0 Å². The summed E-state index contributed by atoms with van der Waals surface area (Å²) in [7, 11) is 0. The van der Waals surface area contributed by atoms with Gasteiger partial charge in [-0.2, -0.15) is 0 Å². The zero-order valence-corrected chi connectivity index (χ0v) is 17.9. The molecule has 0 saturated carbocycles. The van der Waals surface area contributed by atoms with Crippen LogP contribution in [0.2, 0.25) is 0 Å². The van der Waals surface area contributed by atoms with E-state index in [0.717, 1.165) is 26.3 Å². The number of thioether (sulfide) groups is 1. The van der Waals surface area contributed by atoms with E-state index in [-0.39, 0.29) is 5.91 Å². The lowest BCUT2D eigenvalue weighted by Gasteiger charge is -2.12. The van der Waals surface area contributed by atoms with Gasteiger partial charge in [0.25, 0.3) is 5.91 Å². The van der Waals surface area contributed by atoms with Crippen LogP contribution in [0.1, 0.15) is 22.8 Å². The van der Waals surface area contributed by atoms with E-state index < -0.39 is 0 Å². The summed E-state index contributed by atoms with van der Waals surface area (Å²) in [6, 6.07) is 23.6. The first-order chi connectivity index (χ1) is 13.2. The summed E-state index contributed by atoms with van der Waals surface area (Å²) >= 11 is 3.97. The van der Waals surface area contributed by atoms with Crippen molar-refractivity contribution in [2.45, 2.75) is 17.6 Å². The molecule has 27 heavy (non-hydrogen) atoms. The highest BCUT2D eigenvalue weighted by Gasteiger charge is 2.11. The second kappa shape index (κ2) is 9.80. The van der Waals surface area contributed by atoms with Gasteiger partial charge in [0.15, 0.2) is 0 Å². The molecule has 0 aromatic heterocycles. The highest BCUT2D eigenvalue weighted by molar-refractivity contribution is 14.1. The molecule has 3 nitrogen and oxygen atoms in total. The second-order valence-electron chi connectivity index (χ2n) is 5.82. The first-order valence-electron chi connectivity index (χ1n) is 8.66. The quantitative estimate of drug-likeness (QED) is 0.316.